The van der Waals surface area contributed by atoms with E-state index in [0.717, 1.165) is 5.92 Å². The van der Waals surface area contributed by atoms with Crippen LogP contribution in [0.1, 0.15) is 33.1 Å². The quantitative estimate of drug-likeness (QED) is 0.660. The monoisotopic (exact) mass is 244 g/mol. The van der Waals surface area contributed by atoms with Crippen LogP contribution in [0.2, 0.25) is 0 Å². The van der Waals surface area contributed by atoms with Gasteiger partial charge in [0.25, 0.3) is 0 Å². The highest BCUT2D eigenvalue weighted by Gasteiger charge is 2.11. The summed E-state index contributed by atoms with van der Waals surface area (Å²) in [4.78, 5) is 2.51. The van der Waals surface area contributed by atoms with Crippen molar-refractivity contribution in [2.24, 2.45) is 5.92 Å². The van der Waals surface area contributed by atoms with E-state index in [1.807, 2.05) is 0 Å². The van der Waals surface area contributed by atoms with Gasteiger partial charge in [0.05, 0.1) is 0 Å². The first kappa shape index (κ1) is 14.3. The Kier molecular flexibility index (Phi) is 8.34. The Balaban J connectivity index is 1.90. The predicted molar refractivity (Wildman–Crippen MR) is 75.3 cm³/mol. The molecule has 0 aromatic rings. The standard InChI is InChI=1S/C13H28N2S/c1-3-15(4-2)9-11-16-10-7-13-6-5-8-14-12-13/h13-14H,3-12H2,1-2H3. The van der Waals surface area contributed by atoms with Crippen LogP contribution in [-0.2, 0) is 0 Å². The average molecular weight is 244 g/mol. The highest BCUT2D eigenvalue weighted by Crippen LogP contribution is 2.16. The van der Waals surface area contributed by atoms with Crippen LogP contribution in [0.3, 0.4) is 0 Å². The van der Waals surface area contributed by atoms with E-state index in [0.29, 0.717) is 0 Å². The van der Waals surface area contributed by atoms with Crippen molar-refractivity contribution in [1.29, 1.82) is 0 Å². The van der Waals surface area contributed by atoms with Gasteiger partial charge in [-0.25, -0.2) is 0 Å². The summed E-state index contributed by atoms with van der Waals surface area (Å²) < 4.78 is 0. The number of nitrogens with zero attached hydrogens (tertiary/aromatic N) is 1. The Bertz CT molecular complexity index is 154. The molecule has 0 aromatic carbocycles. The minimum Gasteiger partial charge on any atom is -0.316 e. The maximum absolute atomic E-state index is 3.49. The lowest BCUT2D eigenvalue weighted by atomic mass is 9.97. The molecule has 3 heteroatoms. The maximum atomic E-state index is 3.49. The van der Waals surface area contributed by atoms with Crippen molar-refractivity contribution in [3.63, 3.8) is 0 Å². The lowest BCUT2D eigenvalue weighted by Crippen LogP contribution is -2.30. The smallest absolute Gasteiger partial charge is 0.00721 e. The second-order valence-corrected chi connectivity index (χ2v) is 5.87. The SMILES string of the molecule is CCN(CC)CCSCCC1CCCNC1. The summed E-state index contributed by atoms with van der Waals surface area (Å²) in [5.74, 6) is 3.62. The number of piperidine rings is 1. The average Bonchev–Trinajstić information content (AvgIpc) is 2.35. The van der Waals surface area contributed by atoms with E-state index >= 15 is 0 Å². The van der Waals surface area contributed by atoms with Gasteiger partial charge in [0.2, 0.25) is 0 Å². The zero-order chi connectivity index (χ0) is 11.6. The van der Waals surface area contributed by atoms with Crippen molar-refractivity contribution in [1.82, 2.24) is 10.2 Å². The first-order valence-electron chi connectivity index (χ1n) is 6.87. The Morgan fingerprint density at radius 3 is 2.69 bits per heavy atom. The van der Waals surface area contributed by atoms with Crippen molar-refractivity contribution in [3.8, 4) is 0 Å². The van der Waals surface area contributed by atoms with Crippen molar-refractivity contribution in [2.75, 3.05) is 44.2 Å². The number of rotatable bonds is 8. The zero-order valence-corrected chi connectivity index (χ0v) is 11.8. The Labute approximate surface area is 106 Å². The molecule has 0 radical (unpaired) electrons. The largest absolute Gasteiger partial charge is 0.316 e. The van der Waals surface area contributed by atoms with E-state index in [1.54, 1.807) is 0 Å². The van der Waals surface area contributed by atoms with Gasteiger partial charge in [0, 0.05) is 12.3 Å². The molecule has 1 unspecified atom stereocenters. The third-order valence-corrected chi connectivity index (χ3v) is 4.51. The number of hydrogen-bond acceptors (Lipinski definition) is 3. The second-order valence-electron chi connectivity index (χ2n) is 4.64. The summed E-state index contributed by atoms with van der Waals surface area (Å²) in [6, 6.07) is 0. The second kappa shape index (κ2) is 9.32. The summed E-state index contributed by atoms with van der Waals surface area (Å²) in [5, 5.41) is 3.49. The van der Waals surface area contributed by atoms with Gasteiger partial charge in [-0.3, -0.25) is 0 Å². The number of hydrogen-bond donors (Lipinski definition) is 1. The predicted octanol–water partition coefficient (Wildman–Crippen LogP) is 2.45. The molecule has 0 aliphatic carbocycles. The minimum atomic E-state index is 0.953. The number of nitrogens with one attached hydrogen (secondary N) is 1. The summed E-state index contributed by atoms with van der Waals surface area (Å²) in [5.41, 5.74) is 0. The van der Waals surface area contributed by atoms with E-state index in [4.69, 9.17) is 0 Å². The molecule has 1 N–H and O–H groups in total. The molecule has 0 amide bonds. The number of thioether (sulfide) groups is 1. The fraction of sp³-hybridized carbons (Fsp3) is 1.00. The molecule has 0 aromatic heterocycles. The maximum Gasteiger partial charge on any atom is 0.00721 e. The first-order valence-corrected chi connectivity index (χ1v) is 8.03. The van der Waals surface area contributed by atoms with E-state index in [-0.39, 0.29) is 0 Å². The van der Waals surface area contributed by atoms with Crippen LogP contribution in [0.15, 0.2) is 0 Å². The van der Waals surface area contributed by atoms with E-state index < -0.39 is 0 Å². The van der Waals surface area contributed by atoms with Crippen LogP contribution in [0.5, 0.6) is 0 Å². The van der Waals surface area contributed by atoms with Crippen LogP contribution in [0.25, 0.3) is 0 Å². The van der Waals surface area contributed by atoms with Crippen molar-refractivity contribution < 1.29 is 0 Å². The Hall–Kier alpha value is 0.270. The van der Waals surface area contributed by atoms with E-state index in [1.165, 1.54) is 63.5 Å². The molecule has 2 nitrogen and oxygen atoms in total. The van der Waals surface area contributed by atoms with Gasteiger partial charge in [0.15, 0.2) is 0 Å². The minimum absolute atomic E-state index is 0.953. The molecule has 0 saturated carbocycles. The van der Waals surface area contributed by atoms with Crippen LogP contribution < -0.4 is 5.32 Å². The molecule has 1 rings (SSSR count). The third kappa shape index (κ3) is 6.12. The van der Waals surface area contributed by atoms with Gasteiger partial charge in [0.1, 0.15) is 0 Å². The molecule has 1 aliphatic rings. The normalized spacial score (nSPS) is 21.6. The van der Waals surface area contributed by atoms with Gasteiger partial charge in [-0.05, 0) is 57.1 Å². The molecule has 1 fully saturated rings. The molecule has 0 spiro atoms. The lowest BCUT2D eigenvalue weighted by Gasteiger charge is -2.22. The Morgan fingerprint density at radius 2 is 2.06 bits per heavy atom. The first-order chi connectivity index (χ1) is 7.86. The van der Waals surface area contributed by atoms with E-state index in [2.05, 4.69) is 35.8 Å². The van der Waals surface area contributed by atoms with Crippen molar-refractivity contribution in [3.05, 3.63) is 0 Å². The molecule has 96 valence electrons. The van der Waals surface area contributed by atoms with Gasteiger partial charge in [-0.15, -0.1) is 0 Å². The summed E-state index contributed by atoms with van der Waals surface area (Å²) >= 11 is 2.14. The molecule has 1 atom stereocenters. The van der Waals surface area contributed by atoms with Gasteiger partial charge < -0.3 is 10.2 Å². The van der Waals surface area contributed by atoms with E-state index in [9.17, 15) is 0 Å². The van der Waals surface area contributed by atoms with Crippen LogP contribution >= 0.6 is 11.8 Å². The van der Waals surface area contributed by atoms with Gasteiger partial charge in [-0.2, -0.15) is 11.8 Å². The molecule has 0 bridgehead atoms. The van der Waals surface area contributed by atoms with Crippen molar-refractivity contribution >= 4 is 11.8 Å². The van der Waals surface area contributed by atoms with Gasteiger partial charge in [-0.1, -0.05) is 13.8 Å². The summed E-state index contributed by atoms with van der Waals surface area (Å²) in [6.07, 6.45) is 4.24. The van der Waals surface area contributed by atoms with Crippen LogP contribution in [-0.4, -0.2) is 49.1 Å². The third-order valence-electron chi connectivity index (χ3n) is 3.52. The summed E-state index contributed by atoms with van der Waals surface area (Å²) in [6.45, 7) is 10.7. The molecular formula is C13H28N2S. The topological polar surface area (TPSA) is 15.3 Å². The molecular weight excluding hydrogens is 216 g/mol. The summed E-state index contributed by atoms with van der Waals surface area (Å²) in [7, 11) is 0. The van der Waals surface area contributed by atoms with Crippen LogP contribution in [0, 0.1) is 5.92 Å². The molecule has 1 heterocycles. The molecule has 16 heavy (non-hydrogen) atoms. The fourth-order valence-electron chi connectivity index (χ4n) is 2.26. The lowest BCUT2D eigenvalue weighted by molar-refractivity contribution is 0.323. The molecule has 1 saturated heterocycles. The van der Waals surface area contributed by atoms with Crippen molar-refractivity contribution in [2.45, 2.75) is 33.1 Å². The fourth-order valence-corrected chi connectivity index (χ4v) is 3.35. The van der Waals surface area contributed by atoms with Crippen LogP contribution in [0.4, 0.5) is 0 Å². The molecule has 1 aliphatic heterocycles. The highest BCUT2D eigenvalue weighted by atomic mass is 32.2. The zero-order valence-electron chi connectivity index (χ0n) is 11.0. The Morgan fingerprint density at radius 1 is 1.25 bits per heavy atom. The highest BCUT2D eigenvalue weighted by molar-refractivity contribution is 7.99. The van der Waals surface area contributed by atoms with Gasteiger partial charge >= 0.3 is 0 Å².